The minimum Gasteiger partial charge on any atom is -0.377 e. The Kier molecular flexibility index (Phi) is 4.77. The number of nitrogens with one attached hydrogen (secondary N) is 1. The van der Waals surface area contributed by atoms with Gasteiger partial charge in [0.15, 0.2) is 0 Å². The first-order chi connectivity index (χ1) is 13.1. The van der Waals surface area contributed by atoms with Crippen LogP contribution in [0.4, 0.5) is 5.82 Å². The van der Waals surface area contributed by atoms with Crippen molar-refractivity contribution in [1.29, 1.82) is 0 Å². The third-order valence-corrected chi connectivity index (χ3v) is 4.67. The molecule has 0 amide bonds. The first-order valence-electron chi connectivity index (χ1n) is 9.22. The van der Waals surface area contributed by atoms with Gasteiger partial charge in [0.2, 0.25) is 0 Å². The number of pyridine rings is 2. The highest BCUT2D eigenvalue weighted by Crippen LogP contribution is 2.24. The maximum atomic E-state index is 11.9. The van der Waals surface area contributed by atoms with E-state index in [-0.39, 0.29) is 5.56 Å². The second-order valence-corrected chi connectivity index (χ2v) is 6.80. The molecule has 7 heteroatoms. The van der Waals surface area contributed by atoms with E-state index < -0.39 is 0 Å². The topological polar surface area (TPSA) is 74.0 Å². The van der Waals surface area contributed by atoms with Crippen molar-refractivity contribution in [3.05, 3.63) is 58.9 Å². The van der Waals surface area contributed by atoms with E-state index in [1.807, 2.05) is 31.6 Å². The molecule has 0 aromatic carbocycles. The van der Waals surface area contributed by atoms with Crippen molar-refractivity contribution in [2.24, 2.45) is 0 Å². The number of aryl methyl sites for hydroxylation is 2. The van der Waals surface area contributed by atoms with E-state index in [0.29, 0.717) is 12.6 Å². The molecule has 1 fully saturated rings. The van der Waals surface area contributed by atoms with Crippen molar-refractivity contribution in [3.8, 4) is 16.8 Å². The Morgan fingerprint density at radius 2 is 2.07 bits per heavy atom. The fraction of sp³-hybridized carbons (Fsp3) is 0.350. The summed E-state index contributed by atoms with van der Waals surface area (Å²) in [4.78, 5) is 16.6. The van der Waals surface area contributed by atoms with Crippen LogP contribution in [0.3, 0.4) is 0 Å². The summed E-state index contributed by atoms with van der Waals surface area (Å²) in [6, 6.07) is 7.78. The summed E-state index contributed by atoms with van der Waals surface area (Å²) in [5, 5.41) is 7.83. The van der Waals surface area contributed by atoms with Gasteiger partial charge in [0.05, 0.1) is 31.1 Å². The Labute approximate surface area is 157 Å². The monoisotopic (exact) mass is 365 g/mol. The number of nitrogens with zero attached hydrogens (tertiary/aromatic N) is 4. The average Bonchev–Trinajstić information content (AvgIpc) is 3.10. The number of hydrogen-bond donors (Lipinski definition) is 1. The first kappa shape index (κ1) is 17.5. The molecule has 3 aromatic heterocycles. The van der Waals surface area contributed by atoms with Gasteiger partial charge in [-0.25, -0.2) is 9.67 Å². The molecule has 0 spiro atoms. The molecule has 1 aliphatic heterocycles. The SMILES string of the molecule is CCCn1cc(-n2cc(-c3ccc(NC4COC4)nc3C)cn2)ccc1=O. The van der Waals surface area contributed by atoms with Crippen LogP contribution in [0.25, 0.3) is 16.8 Å². The van der Waals surface area contributed by atoms with Crippen LogP contribution >= 0.6 is 0 Å². The second-order valence-electron chi connectivity index (χ2n) is 6.80. The highest BCUT2D eigenvalue weighted by atomic mass is 16.5. The van der Waals surface area contributed by atoms with E-state index in [1.54, 1.807) is 21.4 Å². The minimum atomic E-state index is 0.00738. The number of aromatic nitrogens is 4. The van der Waals surface area contributed by atoms with Crippen LogP contribution in [-0.2, 0) is 11.3 Å². The molecule has 4 heterocycles. The van der Waals surface area contributed by atoms with Crippen LogP contribution in [0, 0.1) is 6.92 Å². The number of rotatable bonds is 6. The Morgan fingerprint density at radius 1 is 1.22 bits per heavy atom. The van der Waals surface area contributed by atoms with E-state index in [0.717, 1.165) is 48.0 Å². The summed E-state index contributed by atoms with van der Waals surface area (Å²) in [5.74, 6) is 0.864. The fourth-order valence-electron chi connectivity index (χ4n) is 3.15. The van der Waals surface area contributed by atoms with Crippen LogP contribution in [0.2, 0.25) is 0 Å². The summed E-state index contributed by atoms with van der Waals surface area (Å²) in [7, 11) is 0. The third-order valence-electron chi connectivity index (χ3n) is 4.67. The zero-order chi connectivity index (χ0) is 18.8. The average molecular weight is 365 g/mol. The summed E-state index contributed by atoms with van der Waals surface area (Å²) in [5.41, 5.74) is 3.84. The molecule has 0 aliphatic carbocycles. The van der Waals surface area contributed by atoms with Gasteiger partial charge in [-0.15, -0.1) is 0 Å². The Hall–Kier alpha value is -2.93. The predicted molar refractivity (Wildman–Crippen MR) is 104 cm³/mol. The molecule has 0 atom stereocenters. The molecule has 3 aromatic rings. The molecule has 140 valence electrons. The Morgan fingerprint density at radius 3 is 2.78 bits per heavy atom. The quantitative estimate of drug-likeness (QED) is 0.727. The highest BCUT2D eigenvalue weighted by molar-refractivity contribution is 5.66. The molecule has 7 nitrogen and oxygen atoms in total. The van der Waals surface area contributed by atoms with Crippen LogP contribution in [0.5, 0.6) is 0 Å². The summed E-state index contributed by atoms with van der Waals surface area (Å²) < 4.78 is 8.69. The van der Waals surface area contributed by atoms with E-state index in [2.05, 4.69) is 28.4 Å². The van der Waals surface area contributed by atoms with Gasteiger partial charge in [0.1, 0.15) is 5.82 Å². The maximum Gasteiger partial charge on any atom is 0.250 e. The van der Waals surface area contributed by atoms with Crippen molar-refractivity contribution < 1.29 is 4.74 Å². The van der Waals surface area contributed by atoms with Crippen molar-refractivity contribution >= 4 is 5.82 Å². The van der Waals surface area contributed by atoms with Gasteiger partial charge in [0.25, 0.3) is 5.56 Å². The molecule has 0 saturated carbocycles. The van der Waals surface area contributed by atoms with Gasteiger partial charge < -0.3 is 14.6 Å². The van der Waals surface area contributed by atoms with E-state index in [4.69, 9.17) is 4.74 Å². The molecule has 1 aliphatic rings. The van der Waals surface area contributed by atoms with Crippen molar-refractivity contribution in [1.82, 2.24) is 19.3 Å². The molecule has 0 radical (unpaired) electrons. The standard InChI is InChI=1S/C20H23N5O2/c1-3-8-24-11-17(4-7-20(24)26)25-10-15(9-21-25)18-5-6-19(22-14(18)2)23-16-12-27-13-16/h4-7,9-11,16H,3,8,12-13H2,1-2H3,(H,22,23). The van der Waals surface area contributed by atoms with Crippen molar-refractivity contribution in [2.45, 2.75) is 32.9 Å². The normalized spacial score (nSPS) is 14.1. The van der Waals surface area contributed by atoms with Crippen molar-refractivity contribution in [2.75, 3.05) is 18.5 Å². The molecule has 1 N–H and O–H groups in total. The molecule has 27 heavy (non-hydrogen) atoms. The maximum absolute atomic E-state index is 11.9. The minimum absolute atomic E-state index is 0.00738. The lowest BCUT2D eigenvalue weighted by atomic mass is 10.1. The lowest BCUT2D eigenvalue weighted by Crippen LogP contribution is -2.40. The van der Waals surface area contributed by atoms with E-state index >= 15 is 0 Å². The number of anilines is 1. The van der Waals surface area contributed by atoms with Crippen LogP contribution in [-0.4, -0.2) is 38.6 Å². The molecule has 4 rings (SSSR count). The van der Waals surface area contributed by atoms with Crippen LogP contribution < -0.4 is 10.9 Å². The van der Waals surface area contributed by atoms with Gasteiger partial charge in [0, 0.05) is 41.8 Å². The summed E-state index contributed by atoms with van der Waals surface area (Å²) >= 11 is 0. The first-order valence-corrected chi connectivity index (χ1v) is 9.22. The summed E-state index contributed by atoms with van der Waals surface area (Å²) in [6.45, 7) is 6.21. The van der Waals surface area contributed by atoms with Gasteiger partial charge in [-0.1, -0.05) is 6.92 Å². The van der Waals surface area contributed by atoms with Gasteiger partial charge in [-0.05, 0) is 31.5 Å². The Balaban J connectivity index is 1.59. The largest absolute Gasteiger partial charge is 0.377 e. The van der Waals surface area contributed by atoms with Crippen LogP contribution in [0.15, 0.2) is 47.7 Å². The fourth-order valence-corrected chi connectivity index (χ4v) is 3.15. The molecule has 0 bridgehead atoms. The number of hydrogen-bond acceptors (Lipinski definition) is 5. The van der Waals surface area contributed by atoms with Crippen LogP contribution in [0.1, 0.15) is 19.0 Å². The summed E-state index contributed by atoms with van der Waals surface area (Å²) in [6.07, 6.45) is 6.55. The molecular weight excluding hydrogens is 342 g/mol. The zero-order valence-electron chi connectivity index (χ0n) is 15.6. The smallest absolute Gasteiger partial charge is 0.250 e. The highest BCUT2D eigenvalue weighted by Gasteiger charge is 2.18. The number of ether oxygens (including phenoxy) is 1. The van der Waals surface area contributed by atoms with Gasteiger partial charge in [-0.2, -0.15) is 5.10 Å². The lowest BCUT2D eigenvalue weighted by Gasteiger charge is -2.27. The van der Waals surface area contributed by atoms with Crippen molar-refractivity contribution in [3.63, 3.8) is 0 Å². The van der Waals surface area contributed by atoms with Gasteiger partial charge in [-0.3, -0.25) is 4.79 Å². The van der Waals surface area contributed by atoms with Gasteiger partial charge >= 0.3 is 0 Å². The second kappa shape index (κ2) is 7.36. The molecule has 0 unspecified atom stereocenters. The molecule has 1 saturated heterocycles. The van der Waals surface area contributed by atoms with E-state index in [9.17, 15) is 4.79 Å². The Bertz CT molecular complexity index is 1000. The third kappa shape index (κ3) is 3.64. The lowest BCUT2D eigenvalue weighted by molar-refractivity contribution is 0.0209. The molecular formula is C20H23N5O2. The predicted octanol–water partition coefficient (Wildman–Crippen LogP) is 2.63. The van der Waals surface area contributed by atoms with E-state index in [1.165, 1.54) is 0 Å². The zero-order valence-corrected chi connectivity index (χ0v) is 15.6.